The summed E-state index contributed by atoms with van der Waals surface area (Å²) in [5, 5.41) is 8.61. The minimum Gasteiger partial charge on any atom is -0.395 e. The maximum absolute atomic E-state index is 8.61. The molecule has 0 rings (SSSR count). The van der Waals surface area contributed by atoms with Crippen molar-refractivity contribution in [2.75, 3.05) is 26.7 Å². The molecule has 0 spiro atoms. The van der Waals surface area contributed by atoms with Gasteiger partial charge >= 0.3 is 0 Å². The van der Waals surface area contributed by atoms with E-state index in [0.29, 0.717) is 13.1 Å². The molecule has 0 radical (unpaired) electrons. The van der Waals surface area contributed by atoms with Crippen molar-refractivity contribution in [3.8, 4) is 0 Å². The normalized spacial score (nSPS) is 12.6. The standard InChI is InChI=1S/C7H18N2O/c1-7(2,6-8)9(3)4-5-10/h10H,4-6,8H2,1-3H3. The zero-order valence-corrected chi connectivity index (χ0v) is 7.09. The van der Waals surface area contributed by atoms with Gasteiger partial charge in [-0.25, -0.2) is 0 Å². The summed E-state index contributed by atoms with van der Waals surface area (Å²) < 4.78 is 0. The van der Waals surface area contributed by atoms with E-state index >= 15 is 0 Å². The van der Waals surface area contributed by atoms with Crippen molar-refractivity contribution in [2.45, 2.75) is 19.4 Å². The van der Waals surface area contributed by atoms with Crippen LogP contribution < -0.4 is 5.73 Å². The Morgan fingerprint density at radius 3 is 2.30 bits per heavy atom. The van der Waals surface area contributed by atoms with Crippen molar-refractivity contribution < 1.29 is 5.11 Å². The molecule has 3 N–H and O–H groups in total. The van der Waals surface area contributed by atoms with Crippen LogP contribution >= 0.6 is 0 Å². The molecule has 0 aliphatic carbocycles. The van der Waals surface area contributed by atoms with Crippen LogP contribution in [0, 0.1) is 0 Å². The van der Waals surface area contributed by atoms with Crippen LogP contribution in [0.4, 0.5) is 0 Å². The third-order valence-electron chi connectivity index (χ3n) is 1.97. The van der Waals surface area contributed by atoms with Gasteiger partial charge in [0, 0.05) is 18.6 Å². The van der Waals surface area contributed by atoms with Gasteiger partial charge in [0.2, 0.25) is 0 Å². The third kappa shape index (κ3) is 2.64. The number of aliphatic hydroxyl groups excluding tert-OH is 1. The molecule has 0 fully saturated rings. The predicted molar refractivity (Wildman–Crippen MR) is 42.8 cm³/mol. The highest BCUT2D eigenvalue weighted by atomic mass is 16.3. The van der Waals surface area contributed by atoms with Crippen LogP contribution in [-0.2, 0) is 0 Å². The Hall–Kier alpha value is -0.120. The Balaban J connectivity index is 3.78. The lowest BCUT2D eigenvalue weighted by molar-refractivity contribution is 0.128. The highest BCUT2D eigenvalue weighted by Gasteiger charge is 2.20. The first kappa shape index (κ1) is 9.88. The predicted octanol–water partition coefficient (Wildman–Crippen LogP) is -0.352. The summed E-state index contributed by atoms with van der Waals surface area (Å²) in [7, 11) is 1.96. The zero-order chi connectivity index (χ0) is 8.20. The van der Waals surface area contributed by atoms with E-state index in [-0.39, 0.29) is 12.1 Å². The Labute approximate surface area is 62.8 Å². The van der Waals surface area contributed by atoms with Crippen molar-refractivity contribution in [3.63, 3.8) is 0 Å². The SMILES string of the molecule is CN(CCO)C(C)(C)CN. The summed E-state index contributed by atoms with van der Waals surface area (Å²) >= 11 is 0. The highest BCUT2D eigenvalue weighted by molar-refractivity contribution is 4.79. The van der Waals surface area contributed by atoms with Crippen LogP contribution in [0.25, 0.3) is 0 Å². The minimum atomic E-state index is 0.00271. The Morgan fingerprint density at radius 2 is 2.00 bits per heavy atom. The molecule has 10 heavy (non-hydrogen) atoms. The fraction of sp³-hybridized carbons (Fsp3) is 1.00. The first-order valence-corrected chi connectivity index (χ1v) is 3.57. The summed E-state index contributed by atoms with van der Waals surface area (Å²) in [6.07, 6.45) is 0. The molecule has 62 valence electrons. The van der Waals surface area contributed by atoms with E-state index in [1.54, 1.807) is 0 Å². The van der Waals surface area contributed by atoms with Crippen LogP contribution in [0.1, 0.15) is 13.8 Å². The summed E-state index contributed by atoms with van der Waals surface area (Å²) in [4.78, 5) is 2.05. The lowest BCUT2D eigenvalue weighted by atomic mass is 10.0. The van der Waals surface area contributed by atoms with Gasteiger partial charge in [0.25, 0.3) is 0 Å². The number of aliphatic hydroxyl groups is 1. The van der Waals surface area contributed by atoms with Gasteiger partial charge in [-0.15, -0.1) is 0 Å². The molecular formula is C7H18N2O. The van der Waals surface area contributed by atoms with Crippen LogP contribution in [0.3, 0.4) is 0 Å². The number of likely N-dealkylation sites (N-methyl/N-ethyl adjacent to an activating group) is 1. The van der Waals surface area contributed by atoms with E-state index < -0.39 is 0 Å². The average molecular weight is 146 g/mol. The van der Waals surface area contributed by atoms with Crippen molar-refractivity contribution in [3.05, 3.63) is 0 Å². The molecule has 3 nitrogen and oxygen atoms in total. The molecule has 0 heterocycles. The summed E-state index contributed by atoms with van der Waals surface area (Å²) in [6.45, 7) is 5.61. The van der Waals surface area contributed by atoms with E-state index in [4.69, 9.17) is 10.8 Å². The second kappa shape index (κ2) is 3.91. The Bertz CT molecular complexity index is 93.6. The second-order valence-corrected chi connectivity index (χ2v) is 3.16. The minimum absolute atomic E-state index is 0.00271. The van der Waals surface area contributed by atoms with E-state index in [2.05, 4.69) is 13.8 Å². The monoisotopic (exact) mass is 146 g/mol. The number of β-amino-alcohol motifs (C(OH)–C–C–N with tert-alkyl or cyclic N) is 1. The number of nitrogens with zero attached hydrogens (tertiary/aromatic N) is 1. The van der Waals surface area contributed by atoms with Gasteiger partial charge in [0.05, 0.1) is 6.61 Å². The Morgan fingerprint density at radius 1 is 1.50 bits per heavy atom. The largest absolute Gasteiger partial charge is 0.395 e. The number of hydrogen-bond donors (Lipinski definition) is 2. The molecule has 3 heteroatoms. The number of nitrogens with two attached hydrogens (primary N) is 1. The zero-order valence-electron chi connectivity index (χ0n) is 7.09. The first-order chi connectivity index (χ1) is 4.54. The lowest BCUT2D eigenvalue weighted by Crippen LogP contribution is -2.48. The molecule has 0 aliphatic rings. The smallest absolute Gasteiger partial charge is 0.0558 e. The third-order valence-corrected chi connectivity index (χ3v) is 1.97. The van der Waals surface area contributed by atoms with Crippen molar-refractivity contribution >= 4 is 0 Å². The molecule has 0 bridgehead atoms. The highest BCUT2D eigenvalue weighted by Crippen LogP contribution is 2.08. The lowest BCUT2D eigenvalue weighted by Gasteiger charge is -2.33. The Kier molecular flexibility index (Phi) is 3.86. The average Bonchev–Trinajstić information content (AvgIpc) is 1.89. The molecule has 0 unspecified atom stereocenters. The first-order valence-electron chi connectivity index (χ1n) is 3.57. The van der Waals surface area contributed by atoms with Crippen LogP contribution in [0.5, 0.6) is 0 Å². The molecule has 0 aliphatic heterocycles. The number of rotatable bonds is 4. The molecule has 0 amide bonds. The van der Waals surface area contributed by atoms with Crippen molar-refractivity contribution in [1.82, 2.24) is 4.90 Å². The molecule has 0 saturated heterocycles. The van der Waals surface area contributed by atoms with Crippen LogP contribution in [0.15, 0.2) is 0 Å². The van der Waals surface area contributed by atoms with Gasteiger partial charge in [-0.3, -0.25) is 4.90 Å². The second-order valence-electron chi connectivity index (χ2n) is 3.16. The van der Waals surface area contributed by atoms with Crippen LogP contribution in [-0.4, -0.2) is 42.3 Å². The maximum Gasteiger partial charge on any atom is 0.0558 e. The molecule has 0 aromatic carbocycles. The van der Waals surface area contributed by atoms with E-state index in [0.717, 1.165) is 0 Å². The van der Waals surface area contributed by atoms with Gasteiger partial charge in [0.15, 0.2) is 0 Å². The van der Waals surface area contributed by atoms with E-state index in [9.17, 15) is 0 Å². The number of hydrogen-bond acceptors (Lipinski definition) is 3. The molecule has 0 aromatic heterocycles. The summed E-state index contributed by atoms with van der Waals surface area (Å²) in [5.74, 6) is 0. The van der Waals surface area contributed by atoms with Gasteiger partial charge in [0.1, 0.15) is 0 Å². The van der Waals surface area contributed by atoms with E-state index in [1.807, 2.05) is 11.9 Å². The fourth-order valence-electron chi connectivity index (χ4n) is 0.609. The maximum atomic E-state index is 8.61. The van der Waals surface area contributed by atoms with Gasteiger partial charge in [-0.05, 0) is 20.9 Å². The molecule has 0 aromatic rings. The topological polar surface area (TPSA) is 49.5 Å². The quantitative estimate of drug-likeness (QED) is 0.570. The van der Waals surface area contributed by atoms with Crippen molar-refractivity contribution in [1.29, 1.82) is 0 Å². The van der Waals surface area contributed by atoms with Crippen LogP contribution in [0.2, 0.25) is 0 Å². The van der Waals surface area contributed by atoms with E-state index in [1.165, 1.54) is 0 Å². The summed E-state index contributed by atoms with van der Waals surface area (Å²) in [6, 6.07) is 0. The van der Waals surface area contributed by atoms with Gasteiger partial charge in [-0.2, -0.15) is 0 Å². The summed E-state index contributed by atoms with van der Waals surface area (Å²) in [5.41, 5.74) is 5.52. The molecule has 0 saturated carbocycles. The molecular weight excluding hydrogens is 128 g/mol. The fourth-order valence-corrected chi connectivity index (χ4v) is 0.609. The van der Waals surface area contributed by atoms with Gasteiger partial charge in [-0.1, -0.05) is 0 Å². The van der Waals surface area contributed by atoms with Gasteiger partial charge < -0.3 is 10.8 Å². The molecule has 0 atom stereocenters. The van der Waals surface area contributed by atoms with Crippen molar-refractivity contribution in [2.24, 2.45) is 5.73 Å².